The Bertz CT molecular complexity index is 344. The number of hydrogen-bond donors (Lipinski definition) is 1. The van der Waals surface area contributed by atoms with E-state index in [4.69, 9.17) is 9.84 Å². The second kappa shape index (κ2) is 6.37. The van der Waals surface area contributed by atoms with Crippen LogP contribution in [0.2, 0.25) is 0 Å². The van der Waals surface area contributed by atoms with Crippen LogP contribution in [0.3, 0.4) is 0 Å². The molecule has 0 bridgehead atoms. The minimum absolute atomic E-state index is 0.0680. The first-order valence-corrected chi connectivity index (χ1v) is 7.20. The number of amides is 1. The van der Waals surface area contributed by atoms with Crippen LogP contribution in [0, 0.1) is 11.8 Å². The van der Waals surface area contributed by atoms with E-state index in [0.29, 0.717) is 25.4 Å². The van der Waals surface area contributed by atoms with Gasteiger partial charge < -0.3 is 14.7 Å². The highest BCUT2D eigenvalue weighted by molar-refractivity contribution is 5.79. The van der Waals surface area contributed by atoms with Gasteiger partial charge in [0.1, 0.15) is 6.61 Å². The summed E-state index contributed by atoms with van der Waals surface area (Å²) < 4.78 is 5.73. The van der Waals surface area contributed by atoms with Gasteiger partial charge in [0.25, 0.3) is 0 Å². The van der Waals surface area contributed by atoms with E-state index in [0.717, 1.165) is 6.42 Å². The van der Waals surface area contributed by atoms with E-state index in [9.17, 15) is 9.59 Å². The summed E-state index contributed by atoms with van der Waals surface area (Å²) >= 11 is 0. The van der Waals surface area contributed by atoms with Gasteiger partial charge in [-0.2, -0.15) is 0 Å². The third-order valence-electron chi connectivity index (χ3n) is 4.34. The van der Waals surface area contributed by atoms with Crippen molar-refractivity contribution in [2.24, 2.45) is 11.8 Å². The van der Waals surface area contributed by atoms with Crippen LogP contribution >= 0.6 is 0 Å². The summed E-state index contributed by atoms with van der Waals surface area (Å²) in [6, 6.07) is 0. The molecule has 1 heterocycles. The van der Waals surface area contributed by atoms with Crippen molar-refractivity contribution >= 4 is 11.9 Å². The monoisotopic (exact) mass is 269 g/mol. The summed E-state index contributed by atoms with van der Waals surface area (Å²) in [5.74, 6) is -0.761. The van der Waals surface area contributed by atoms with Gasteiger partial charge in [-0.3, -0.25) is 9.59 Å². The van der Waals surface area contributed by atoms with E-state index in [1.165, 1.54) is 19.3 Å². The quantitative estimate of drug-likeness (QED) is 0.840. The van der Waals surface area contributed by atoms with Gasteiger partial charge in [-0.1, -0.05) is 19.8 Å². The molecular weight excluding hydrogens is 246 g/mol. The highest BCUT2D eigenvalue weighted by Gasteiger charge is 2.31. The van der Waals surface area contributed by atoms with Crippen molar-refractivity contribution in [1.29, 1.82) is 0 Å². The Balaban J connectivity index is 1.74. The largest absolute Gasteiger partial charge is 0.481 e. The molecule has 0 aromatic heterocycles. The number of nitrogens with zero attached hydrogens (tertiary/aromatic N) is 1. The van der Waals surface area contributed by atoms with Gasteiger partial charge in [0, 0.05) is 13.1 Å². The first-order valence-electron chi connectivity index (χ1n) is 7.20. The molecule has 19 heavy (non-hydrogen) atoms. The Morgan fingerprint density at radius 1 is 1.26 bits per heavy atom. The molecule has 1 aliphatic heterocycles. The van der Waals surface area contributed by atoms with E-state index in [1.807, 2.05) is 0 Å². The molecule has 1 amide bonds. The molecule has 0 aromatic carbocycles. The summed E-state index contributed by atoms with van der Waals surface area (Å²) in [4.78, 5) is 24.4. The first kappa shape index (κ1) is 14.3. The molecule has 5 heteroatoms. The predicted molar refractivity (Wildman–Crippen MR) is 69.7 cm³/mol. The lowest BCUT2D eigenvalue weighted by atomic mass is 9.88. The average molecular weight is 269 g/mol. The van der Waals surface area contributed by atoms with Gasteiger partial charge in [0.05, 0.1) is 12.0 Å². The zero-order chi connectivity index (χ0) is 13.8. The average Bonchev–Trinajstić information content (AvgIpc) is 2.87. The van der Waals surface area contributed by atoms with Gasteiger partial charge in [-0.25, -0.2) is 0 Å². The number of aliphatic carboxylic acids is 1. The van der Waals surface area contributed by atoms with Crippen molar-refractivity contribution in [3.8, 4) is 0 Å². The van der Waals surface area contributed by atoms with Gasteiger partial charge >= 0.3 is 5.97 Å². The number of likely N-dealkylation sites (tertiary alicyclic amines) is 1. The van der Waals surface area contributed by atoms with E-state index in [-0.39, 0.29) is 18.6 Å². The highest BCUT2D eigenvalue weighted by atomic mass is 16.5. The van der Waals surface area contributed by atoms with Crippen molar-refractivity contribution in [3.63, 3.8) is 0 Å². The number of carboxylic acid groups (broad SMARTS) is 1. The molecule has 3 atom stereocenters. The highest BCUT2D eigenvalue weighted by Crippen LogP contribution is 2.26. The zero-order valence-electron chi connectivity index (χ0n) is 11.5. The molecule has 108 valence electrons. The molecule has 2 fully saturated rings. The Kier molecular flexibility index (Phi) is 4.80. The molecule has 0 aromatic rings. The molecule has 5 nitrogen and oxygen atoms in total. The van der Waals surface area contributed by atoms with Crippen molar-refractivity contribution in [3.05, 3.63) is 0 Å². The molecular formula is C14H23NO4. The first-order chi connectivity index (χ1) is 9.08. The molecule has 1 aliphatic carbocycles. The molecule has 3 unspecified atom stereocenters. The number of carbonyl (C=O) groups excluding carboxylic acids is 1. The number of carboxylic acids is 1. The number of hydrogen-bond acceptors (Lipinski definition) is 3. The van der Waals surface area contributed by atoms with Crippen LogP contribution in [-0.2, 0) is 14.3 Å². The lowest BCUT2D eigenvalue weighted by Gasteiger charge is -2.29. The van der Waals surface area contributed by atoms with Gasteiger partial charge in [-0.15, -0.1) is 0 Å². The van der Waals surface area contributed by atoms with Crippen molar-refractivity contribution in [1.82, 2.24) is 4.90 Å². The zero-order valence-corrected chi connectivity index (χ0v) is 11.5. The number of carbonyl (C=O) groups is 2. The fraction of sp³-hybridized carbons (Fsp3) is 0.857. The molecule has 2 rings (SSSR count). The Morgan fingerprint density at radius 3 is 2.63 bits per heavy atom. The lowest BCUT2D eigenvalue weighted by molar-refractivity contribution is -0.142. The van der Waals surface area contributed by atoms with E-state index in [1.54, 1.807) is 4.90 Å². The molecule has 0 spiro atoms. The van der Waals surface area contributed by atoms with E-state index < -0.39 is 11.9 Å². The van der Waals surface area contributed by atoms with Crippen LogP contribution in [0.5, 0.6) is 0 Å². The van der Waals surface area contributed by atoms with Crippen LogP contribution in [0.25, 0.3) is 0 Å². The summed E-state index contributed by atoms with van der Waals surface area (Å²) in [6.07, 6.45) is 5.38. The number of rotatable bonds is 4. The normalized spacial score (nSPS) is 31.4. The van der Waals surface area contributed by atoms with Gasteiger partial charge in [0.15, 0.2) is 0 Å². The number of ether oxygens (including phenoxy) is 1. The Labute approximate surface area is 113 Å². The Hall–Kier alpha value is -1.10. The van der Waals surface area contributed by atoms with Crippen LogP contribution in [0.1, 0.15) is 39.0 Å². The van der Waals surface area contributed by atoms with Crippen molar-refractivity contribution in [2.45, 2.75) is 45.1 Å². The fourth-order valence-electron chi connectivity index (χ4n) is 2.99. The summed E-state index contributed by atoms with van der Waals surface area (Å²) in [5, 5.41) is 8.91. The Morgan fingerprint density at radius 2 is 2.00 bits per heavy atom. The predicted octanol–water partition coefficient (Wildman–Crippen LogP) is 1.51. The summed E-state index contributed by atoms with van der Waals surface area (Å²) in [6.45, 7) is 3.14. The standard InChI is InChI=1S/C14H23NO4/c1-10-4-2-3-5-12(10)19-9-13(16)15-7-6-11(8-15)14(17)18/h10-12H,2-9H2,1H3,(H,17,18). The van der Waals surface area contributed by atoms with E-state index in [2.05, 4.69) is 6.92 Å². The van der Waals surface area contributed by atoms with Crippen LogP contribution in [0.4, 0.5) is 0 Å². The van der Waals surface area contributed by atoms with Crippen molar-refractivity contribution in [2.75, 3.05) is 19.7 Å². The maximum absolute atomic E-state index is 12.0. The molecule has 1 N–H and O–H groups in total. The molecule has 0 radical (unpaired) electrons. The van der Waals surface area contributed by atoms with Crippen molar-refractivity contribution < 1.29 is 19.4 Å². The SMILES string of the molecule is CC1CCCCC1OCC(=O)N1CCC(C(=O)O)C1. The third kappa shape index (κ3) is 3.69. The maximum atomic E-state index is 12.0. The van der Waals surface area contributed by atoms with Crippen LogP contribution < -0.4 is 0 Å². The smallest absolute Gasteiger partial charge is 0.308 e. The minimum atomic E-state index is -0.808. The van der Waals surface area contributed by atoms with Gasteiger partial charge in [-0.05, 0) is 25.2 Å². The third-order valence-corrected chi connectivity index (χ3v) is 4.34. The second-order valence-corrected chi connectivity index (χ2v) is 5.77. The van der Waals surface area contributed by atoms with Crippen LogP contribution in [0.15, 0.2) is 0 Å². The summed E-state index contributed by atoms with van der Waals surface area (Å²) in [5.41, 5.74) is 0. The maximum Gasteiger partial charge on any atom is 0.308 e. The van der Waals surface area contributed by atoms with Crippen LogP contribution in [-0.4, -0.2) is 47.7 Å². The molecule has 1 saturated heterocycles. The minimum Gasteiger partial charge on any atom is -0.481 e. The fourth-order valence-corrected chi connectivity index (χ4v) is 2.99. The topological polar surface area (TPSA) is 66.8 Å². The van der Waals surface area contributed by atoms with E-state index >= 15 is 0 Å². The summed E-state index contributed by atoms with van der Waals surface area (Å²) in [7, 11) is 0. The molecule has 2 aliphatic rings. The second-order valence-electron chi connectivity index (χ2n) is 5.77. The molecule has 1 saturated carbocycles. The van der Waals surface area contributed by atoms with Gasteiger partial charge in [0.2, 0.25) is 5.91 Å². The lowest BCUT2D eigenvalue weighted by Crippen LogP contribution is -2.36.